The van der Waals surface area contributed by atoms with E-state index in [2.05, 4.69) is 52.4 Å². The van der Waals surface area contributed by atoms with Crippen molar-refractivity contribution in [1.82, 2.24) is 5.32 Å². The molecule has 1 saturated carbocycles. The quantitative estimate of drug-likeness (QED) is 0.857. The third kappa shape index (κ3) is 4.69. The highest BCUT2D eigenvalue weighted by Gasteiger charge is 2.30. The van der Waals surface area contributed by atoms with Crippen LogP contribution >= 0.6 is 15.9 Å². The second-order valence-electron chi connectivity index (χ2n) is 5.55. The van der Waals surface area contributed by atoms with Crippen LogP contribution in [0.2, 0.25) is 0 Å². The molecule has 0 aliphatic heterocycles. The van der Waals surface area contributed by atoms with Gasteiger partial charge in [-0.3, -0.25) is 4.21 Å². The minimum absolute atomic E-state index is 0.470. The molecule has 0 amide bonds. The minimum Gasteiger partial charge on any atom is -0.311 e. The van der Waals surface area contributed by atoms with Gasteiger partial charge in [0.05, 0.1) is 0 Å². The Balaban J connectivity index is 1.73. The summed E-state index contributed by atoms with van der Waals surface area (Å²) in [5.41, 5.74) is 1.44. The number of nitrogens with one attached hydrogen (secondary N) is 1. The summed E-state index contributed by atoms with van der Waals surface area (Å²) >= 11 is 3.53. The zero-order valence-electron chi connectivity index (χ0n) is 11.6. The van der Waals surface area contributed by atoms with Crippen LogP contribution in [0.15, 0.2) is 28.7 Å². The normalized spacial score (nSPS) is 25.6. The first-order chi connectivity index (χ1) is 9.04. The Bertz CT molecular complexity index is 446. The summed E-state index contributed by atoms with van der Waals surface area (Å²) in [7, 11) is -0.669. The molecule has 2 nitrogen and oxygen atoms in total. The van der Waals surface area contributed by atoms with Crippen LogP contribution in [0, 0.1) is 0 Å². The summed E-state index contributed by atoms with van der Waals surface area (Å²) < 4.78 is 12.2. The second-order valence-corrected chi connectivity index (χ2v) is 8.02. The van der Waals surface area contributed by atoms with Crippen LogP contribution < -0.4 is 5.32 Å². The SMILES string of the molecule is CC(CCS(C)=O)NC1CC(c2cccc(Br)c2)C1. The van der Waals surface area contributed by atoms with Gasteiger partial charge in [-0.25, -0.2) is 0 Å². The first kappa shape index (κ1) is 15.2. The van der Waals surface area contributed by atoms with E-state index in [0.29, 0.717) is 18.0 Å². The van der Waals surface area contributed by atoms with Gasteiger partial charge in [0.1, 0.15) is 0 Å². The van der Waals surface area contributed by atoms with Gasteiger partial charge in [-0.15, -0.1) is 0 Å². The summed E-state index contributed by atoms with van der Waals surface area (Å²) in [6, 6.07) is 9.73. The van der Waals surface area contributed by atoms with Crippen LogP contribution in [0.1, 0.15) is 37.7 Å². The van der Waals surface area contributed by atoms with E-state index in [1.54, 1.807) is 6.26 Å². The van der Waals surface area contributed by atoms with Gasteiger partial charge in [-0.1, -0.05) is 28.1 Å². The molecule has 0 saturated heterocycles. The third-order valence-electron chi connectivity index (χ3n) is 3.82. The molecule has 1 aliphatic rings. The highest BCUT2D eigenvalue weighted by molar-refractivity contribution is 9.10. The predicted molar refractivity (Wildman–Crippen MR) is 86.1 cm³/mol. The third-order valence-corrected chi connectivity index (χ3v) is 5.12. The monoisotopic (exact) mass is 343 g/mol. The Morgan fingerprint density at radius 3 is 2.84 bits per heavy atom. The van der Waals surface area contributed by atoms with Crippen molar-refractivity contribution in [1.29, 1.82) is 0 Å². The van der Waals surface area contributed by atoms with E-state index in [-0.39, 0.29) is 0 Å². The van der Waals surface area contributed by atoms with E-state index in [0.717, 1.165) is 12.2 Å². The Morgan fingerprint density at radius 2 is 2.21 bits per heavy atom. The Labute approximate surface area is 127 Å². The van der Waals surface area contributed by atoms with Crippen molar-refractivity contribution in [3.05, 3.63) is 34.3 Å². The number of benzene rings is 1. The molecule has 2 atom stereocenters. The lowest BCUT2D eigenvalue weighted by Crippen LogP contribution is -2.44. The zero-order chi connectivity index (χ0) is 13.8. The van der Waals surface area contributed by atoms with Crippen molar-refractivity contribution in [2.24, 2.45) is 0 Å². The first-order valence-electron chi connectivity index (χ1n) is 6.86. The molecule has 1 N–H and O–H groups in total. The van der Waals surface area contributed by atoms with Gasteiger partial charge < -0.3 is 5.32 Å². The van der Waals surface area contributed by atoms with Gasteiger partial charge in [0.15, 0.2) is 0 Å². The smallest absolute Gasteiger partial charge is 0.0246 e. The van der Waals surface area contributed by atoms with E-state index in [1.807, 2.05) is 0 Å². The molecule has 2 unspecified atom stereocenters. The average Bonchev–Trinajstić information content (AvgIpc) is 2.30. The van der Waals surface area contributed by atoms with Crippen LogP contribution in [-0.4, -0.2) is 28.3 Å². The van der Waals surface area contributed by atoms with Gasteiger partial charge >= 0.3 is 0 Å². The van der Waals surface area contributed by atoms with Crippen LogP contribution in [0.4, 0.5) is 0 Å². The van der Waals surface area contributed by atoms with Crippen LogP contribution in [0.3, 0.4) is 0 Å². The van der Waals surface area contributed by atoms with E-state index >= 15 is 0 Å². The van der Waals surface area contributed by atoms with Crippen LogP contribution in [0.25, 0.3) is 0 Å². The van der Waals surface area contributed by atoms with Crippen LogP contribution in [-0.2, 0) is 10.8 Å². The van der Waals surface area contributed by atoms with Gasteiger partial charge in [0.2, 0.25) is 0 Å². The average molecular weight is 344 g/mol. The summed E-state index contributed by atoms with van der Waals surface area (Å²) in [5, 5.41) is 3.64. The fourth-order valence-corrected chi connectivity index (χ4v) is 3.72. The van der Waals surface area contributed by atoms with E-state index in [9.17, 15) is 4.21 Å². The first-order valence-corrected chi connectivity index (χ1v) is 9.38. The lowest BCUT2D eigenvalue weighted by Gasteiger charge is -2.38. The van der Waals surface area contributed by atoms with Crippen molar-refractivity contribution in [3.63, 3.8) is 0 Å². The molecule has 0 aromatic heterocycles. The molecule has 4 heteroatoms. The van der Waals surface area contributed by atoms with Gasteiger partial charge in [-0.2, -0.15) is 0 Å². The number of hydrogen-bond donors (Lipinski definition) is 1. The number of halogens is 1. The van der Waals surface area contributed by atoms with Crippen molar-refractivity contribution in [2.75, 3.05) is 12.0 Å². The summed E-state index contributed by atoms with van der Waals surface area (Å²) in [6.07, 6.45) is 5.21. The molecule has 0 bridgehead atoms. The van der Waals surface area contributed by atoms with E-state index < -0.39 is 10.8 Å². The maximum atomic E-state index is 11.1. The van der Waals surface area contributed by atoms with Gasteiger partial charge in [0.25, 0.3) is 0 Å². The fourth-order valence-electron chi connectivity index (χ4n) is 2.62. The van der Waals surface area contributed by atoms with E-state index in [4.69, 9.17) is 0 Å². The molecule has 1 fully saturated rings. The zero-order valence-corrected chi connectivity index (χ0v) is 14.0. The van der Waals surface area contributed by atoms with Crippen molar-refractivity contribution in [2.45, 2.75) is 44.2 Å². The maximum absolute atomic E-state index is 11.1. The summed E-state index contributed by atoms with van der Waals surface area (Å²) in [5.74, 6) is 1.50. The maximum Gasteiger partial charge on any atom is 0.0246 e. The molecule has 1 aliphatic carbocycles. The highest BCUT2D eigenvalue weighted by Crippen LogP contribution is 2.37. The second kappa shape index (κ2) is 7.00. The Hall–Kier alpha value is -0.190. The number of hydrogen-bond acceptors (Lipinski definition) is 2. The molecule has 1 aromatic carbocycles. The predicted octanol–water partition coefficient (Wildman–Crippen LogP) is 3.44. The Morgan fingerprint density at radius 1 is 1.47 bits per heavy atom. The topological polar surface area (TPSA) is 29.1 Å². The lowest BCUT2D eigenvalue weighted by atomic mass is 9.75. The van der Waals surface area contributed by atoms with Gasteiger partial charge in [-0.05, 0) is 49.8 Å². The molecule has 0 heterocycles. The minimum atomic E-state index is -0.669. The molecular weight excluding hydrogens is 322 g/mol. The van der Waals surface area contributed by atoms with Crippen molar-refractivity contribution >= 4 is 26.7 Å². The van der Waals surface area contributed by atoms with E-state index in [1.165, 1.54) is 22.9 Å². The molecule has 0 radical (unpaired) electrons. The highest BCUT2D eigenvalue weighted by atomic mass is 79.9. The van der Waals surface area contributed by atoms with Crippen molar-refractivity contribution < 1.29 is 4.21 Å². The summed E-state index contributed by atoms with van der Waals surface area (Å²) in [6.45, 7) is 2.19. The lowest BCUT2D eigenvalue weighted by molar-refractivity contribution is 0.267. The Kier molecular flexibility index (Phi) is 5.60. The fraction of sp³-hybridized carbons (Fsp3) is 0.600. The molecular formula is C15H22BrNOS. The van der Waals surface area contributed by atoms with Crippen LogP contribution in [0.5, 0.6) is 0 Å². The molecule has 19 heavy (non-hydrogen) atoms. The molecule has 106 valence electrons. The van der Waals surface area contributed by atoms with Gasteiger partial charge in [0, 0.05) is 39.4 Å². The standard InChI is InChI=1S/C15H22BrNOS/c1-11(6-7-19(2)18)17-15-9-13(10-15)12-4-3-5-14(16)8-12/h3-5,8,11,13,15,17H,6-7,9-10H2,1-2H3. The molecule has 1 aromatic rings. The van der Waals surface area contributed by atoms with Crippen molar-refractivity contribution in [3.8, 4) is 0 Å². The largest absolute Gasteiger partial charge is 0.311 e. The molecule has 0 spiro atoms. The molecule has 2 rings (SSSR count). The summed E-state index contributed by atoms with van der Waals surface area (Å²) in [4.78, 5) is 0. The number of rotatable bonds is 6.